The van der Waals surface area contributed by atoms with Crippen molar-refractivity contribution in [3.63, 3.8) is 0 Å². The number of hydrogen-bond donors (Lipinski definition) is 1. The number of unbranched alkanes of at least 4 members (excludes halogenated alkanes) is 2. The molecule has 1 aromatic rings. The predicted molar refractivity (Wildman–Crippen MR) is 86.4 cm³/mol. The normalized spacial score (nSPS) is 13.4. The van der Waals surface area contributed by atoms with Crippen LogP contribution in [0.5, 0.6) is 0 Å². The smallest absolute Gasteiger partial charge is 0.101 e. The lowest BCUT2D eigenvalue weighted by molar-refractivity contribution is -0.0468. The molecule has 110 valence electrons. The molecule has 1 unspecified atom stereocenters. The molecule has 0 fully saturated rings. The van der Waals surface area contributed by atoms with Gasteiger partial charge in [-0.1, -0.05) is 47.3 Å². The minimum absolute atomic E-state index is 0.0232. The van der Waals surface area contributed by atoms with Crippen LogP contribution in [0.1, 0.15) is 45.1 Å². The summed E-state index contributed by atoms with van der Waals surface area (Å²) in [6, 6.07) is 8.07. The zero-order chi connectivity index (χ0) is 14.8. The van der Waals surface area contributed by atoms with Crippen molar-refractivity contribution in [2.75, 3.05) is 13.2 Å². The number of ether oxygens (including phenoxy) is 1. The summed E-state index contributed by atoms with van der Waals surface area (Å²) >= 11 is 3.44. The van der Waals surface area contributed by atoms with E-state index in [1.807, 2.05) is 31.2 Å². The average molecular weight is 339 g/mol. The Labute approximate surface area is 130 Å². The fourth-order valence-electron chi connectivity index (χ4n) is 1.89. The summed E-state index contributed by atoms with van der Waals surface area (Å²) in [4.78, 5) is 0. The Bertz CT molecular complexity index is 444. The second-order valence-corrected chi connectivity index (χ2v) is 5.86. The van der Waals surface area contributed by atoms with Crippen LogP contribution in [-0.4, -0.2) is 18.3 Å². The van der Waals surface area contributed by atoms with Crippen LogP contribution in [0.25, 0.3) is 0 Å². The van der Waals surface area contributed by atoms with E-state index in [4.69, 9.17) is 9.84 Å². The van der Waals surface area contributed by atoms with Gasteiger partial charge in [-0.2, -0.15) is 0 Å². The predicted octanol–water partition coefficient (Wildman–Crippen LogP) is 4.26. The number of hydrogen-bond acceptors (Lipinski definition) is 2. The quantitative estimate of drug-likeness (QED) is 0.594. The molecule has 0 bridgehead atoms. The maximum Gasteiger partial charge on any atom is 0.101 e. The third-order valence-corrected chi connectivity index (χ3v) is 3.70. The van der Waals surface area contributed by atoms with Gasteiger partial charge in [0.1, 0.15) is 5.60 Å². The van der Waals surface area contributed by atoms with Gasteiger partial charge in [-0.25, -0.2) is 0 Å². The molecule has 2 nitrogen and oxygen atoms in total. The van der Waals surface area contributed by atoms with E-state index in [0.717, 1.165) is 22.9 Å². The highest BCUT2D eigenvalue weighted by molar-refractivity contribution is 9.10. The summed E-state index contributed by atoms with van der Waals surface area (Å²) in [5.41, 5.74) is 0.613. The number of halogens is 1. The maximum absolute atomic E-state index is 8.99. The first kappa shape index (κ1) is 17.2. The standard InChI is InChI=1S/C17H23BrO2/c1-3-4-5-6-7-12-17(2,20-14-13-19)15-8-10-16(18)11-9-15/h8-11,19H,3-5,12-14H2,1-2H3. The van der Waals surface area contributed by atoms with Crippen molar-refractivity contribution in [2.45, 2.75) is 45.1 Å². The molecular weight excluding hydrogens is 316 g/mol. The molecule has 0 heterocycles. The first-order valence-corrected chi connectivity index (χ1v) is 7.88. The molecule has 1 aromatic carbocycles. The Balaban J connectivity index is 2.79. The van der Waals surface area contributed by atoms with Crippen LogP contribution in [0, 0.1) is 11.8 Å². The van der Waals surface area contributed by atoms with Gasteiger partial charge in [-0.05, 0) is 31.0 Å². The van der Waals surface area contributed by atoms with Crippen molar-refractivity contribution in [3.8, 4) is 11.8 Å². The summed E-state index contributed by atoms with van der Waals surface area (Å²) < 4.78 is 6.88. The maximum atomic E-state index is 8.99. The van der Waals surface area contributed by atoms with Gasteiger partial charge in [0.25, 0.3) is 0 Å². The summed E-state index contributed by atoms with van der Waals surface area (Å²) in [6.45, 7) is 4.54. The second-order valence-electron chi connectivity index (χ2n) is 4.94. The fraction of sp³-hybridized carbons (Fsp3) is 0.529. The van der Waals surface area contributed by atoms with E-state index in [0.29, 0.717) is 13.0 Å². The van der Waals surface area contributed by atoms with Gasteiger partial charge >= 0.3 is 0 Å². The van der Waals surface area contributed by atoms with Crippen LogP contribution in [0.2, 0.25) is 0 Å². The third-order valence-electron chi connectivity index (χ3n) is 3.17. The monoisotopic (exact) mass is 338 g/mol. The van der Waals surface area contributed by atoms with E-state index in [2.05, 4.69) is 34.7 Å². The van der Waals surface area contributed by atoms with Gasteiger partial charge in [0, 0.05) is 17.3 Å². The highest BCUT2D eigenvalue weighted by Crippen LogP contribution is 2.29. The molecule has 0 aliphatic carbocycles. The topological polar surface area (TPSA) is 29.5 Å². The van der Waals surface area contributed by atoms with E-state index in [-0.39, 0.29) is 6.61 Å². The van der Waals surface area contributed by atoms with Crippen LogP contribution in [0.4, 0.5) is 0 Å². The Morgan fingerprint density at radius 1 is 1.25 bits per heavy atom. The first-order chi connectivity index (χ1) is 9.62. The Kier molecular flexibility index (Phi) is 7.91. The van der Waals surface area contributed by atoms with Gasteiger partial charge in [0.2, 0.25) is 0 Å². The molecule has 20 heavy (non-hydrogen) atoms. The lowest BCUT2D eigenvalue weighted by Crippen LogP contribution is -2.27. The van der Waals surface area contributed by atoms with E-state index in [1.165, 1.54) is 6.42 Å². The largest absolute Gasteiger partial charge is 0.394 e. The number of benzene rings is 1. The summed E-state index contributed by atoms with van der Waals surface area (Å²) in [5, 5.41) is 8.99. The summed E-state index contributed by atoms with van der Waals surface area (Å²) in [5.74, 6) is 6.41. The van der Waals surface area contributed by atoms with Crippen molar-refractivity contribution in [1.29, 1.82) is 0 Å². The average Bonchev–Trinajstić information content (AvgIpc) is 2.45. The molecule has 1 N–H and O–H groups in total. The highest BCUT2D eigenvalue weighted by atomic mass is 79.9. The van der Waals surface area contributed by atoms with Crippen molar-refractivity contribution in [2.24, 2.45) is 0 Å². The molecule has 0 aliphatic heterocycles. The number of aliphatic hydroxyl groups excluding tert-OH is 1. The molecule has 0 amide bonds. The summed E-state index contributed by atoms with van der Waals surface area (Å²) in [7, 11) is 0. The SMILES string of the molecule is CCCCC#CCC(C)(OCCO)c1ccc(Br)cc1. The molecule has 0 saturated carbocycles. The van der Waals surface area contributed by atoms with Gasteiger partial charge in [-0.3, -0.25) is 0 Å². The molecule has 1 atom stereocenters. The lowest BCUT2D eigenvalue weighted by atomic mass is 9.92. The minimum Gasteiger partial charge on any atom is -0.394 e. The van der Waals surface area contributed by atoms with Crippen molar-refractivity contribution >= 4 is 15.9 Å². The minimum atomic E-state index is -0.470. The van der Waals surface area contributed by atoms with Crippen LogP contribution in [0.15, 0.2) is 28.7 Å². The lowest BCUT2D eigenvalue weighted by Gasteiger charge is -2.28. The van der Waals surface area contributed by atoms with Crippen LogP contribution in [-0.2, 0) is 10.3 Å². The van der Waals surface area contributed by atoms with Crippen molar-refractivity contribution < 1.29 is 9.84 Å². The van der Waals surface area contributed by atoms with Gasteiger partial charge < -0.3 is 9.84 Å². The zero-order valence-corrected chi connectivity index (χ0v) is 13.9. The second kappa shape index (κ2) is 9.18. The van der Waals surface area contributed by atoms with Gasteiger partial charge in [0.05, 0.1) is 13.2 Å². The zero-order valence-electron chi connectivity index (χ0n) is 12.3. The van der Waals surface area contributed by atoms with Crippen LogP contribution >= 0.6 is 15.9 Å². The molecular formula is C17H23BrO2. The molecule has 0 aliphatic rings. The number of aliphatic hydroxyl groups is 1. The van der Waals surface area contributed by atoms with E-state index in [1.54, 1.807) is 0 Å². The van der Waals surface area contributed by atoms with Crippen LogP contribution in [0.3, 0.4) is 0 Å². The Morgan fingerprint density at radius 2 is 1.95 bits per heavy atom. The molecule has 0 saturated heterocycles. The van der Waals surface area contributed by atoms with E-state index < -0.39 is 5.60 Å². The highest BCUT2D eigenvalue weighted by Gasteiger charge is 2.26. The Morgan fingerprint density at radius 3 is 2.55 bits per heavy atom. The fourth-order valence-corrected chi connectivity index (χ4v) is 2.16. The third kappa shape index (κ3) is 5.66. The van der Waals surface area contributed by atoms with Crippen molar-refractivity contribution in [3.05, 3.63) is 34.3 Å². The molecule has 1 rings (SSSR count). The molecule has 0 aromatic heterocycles. The Hall–Kier alpha value is -0.820. The summed E-state index contributed by atoms with van der Waals surface area (Å²) in [6.07, 6.45) is 3.88. The van der Waals surface area contributed by atoms with Gasteiger partial charge in [-0.15, -0.1) is 5.92 Å². The van der Waals surface area contributed by atoms with E-state index in [9.17, 15) is 0 Å². The van der Waals surface area contributed by atoms with E-state index >= 15 is 0 Å². The van der Waals surface area contributed by atoms with Crippen molar-refractivity contribution in [1.82, 2.24) is 0 Å². The van der Waals surface area contributed by atoms with Gasteiger partial charge in [0.15, 0.2) is 0 Å². The number of rotatable bonds is 7. The molecule has 0 spiro atoms. The molecule has 0 radical (unpaired) electrons. The first-order valence-electron chi connectivity index (χ1n) is 7.09. The molecule has 3 heteroatoms. The van der Waals surface area contributed by atoms with Crippen LogP contribution < -0.4 is 0 Å².